The molecule has 7 heteroatoms. The van der Waals surface area contributed by atoms with E-state index in [-0.39, 0.29) is 10.5 Å². The molecule has 0 heterocycles. The maximum Gasteiger partial charge on any atom is 0.419 e. The predicted octanol–water partition coefficient (Wildman–Crippen LogP) is 3.89. The Morgan fingerprint density at radius 1 is 1.32 bits per heavy atom. The third-order valence-corrected chi connectivity index (χ3v) is 3.72. The van der Waals surface area contributed by atoms with Crippen molar-refractivity contribution in [3.8, 4) is 0 Å². The summed E-state index contributed by atoms with van der Waals surface area (Å²) in [6.07, 6.45) is -2.33. The molecule has 104 valence electrons. The minimum atomic E-state index is -4.82. The first-order valence-electron chi connectivity index (χ1n) is 5.66. The highest BCUT2D eigenvalue weighted by molar-refractivity contribution is 9.10. The summed E-state index contributed by atoms with van der Waals surface area (Å²) in [6.45, 7) is 0. The Labute approximate surface area is 115 Å². The lowest BCUT2D eigenvalue weighted by molar-refractivity contribution is -0.140. The minimum absolute atomic E-state index is 0.00910. The van der Waals surface area contributed by atoms with Crippen molar-refractivity contribution in [2.45, 2.75) is 31.5 Å². The van der Waals surface area contributed by atoms with E-state index in [9.17, 15) is 22.4 Å². The number of hydrogen-bond donors (Lipinski definition) is 1. The van der Waals surface area contributed by atoms with Crippen LogP contribution < -0.4 is 5.32 Å². The molecular formula is C12H10BrF4NO. The van der Waals surface area contributed by atoms with Gasteiger partial charge in [-0.25, -0.2) is 4.39 Å². The molecule has 0 atom stereocenters. The van der Waals surface area contributed by atoms with Crippen LogP contribution in [-0.2, 0) is 6.18 Å². The Kier molecular flexibility index (Phi) is 3.85. The number of alkyl halides is 3. The normalized spacial score (nSPS) is 16.1. The maximum atomic E-state index is 13.8. The number of rotatable bonds is 2. The fourth-order valence-corrected chi connectivity index (χ4v) is 2.28. The summed E-state index contributed by atoms with van der Waals surface area (Å²) in [5, 5.41) is 2.52. The summed E-state index contributed by atoms with van der Waals surface area (Å²) in [4.78, 5) is 11.8. The highest BCUT2D eigenvalue weighted by atomic mass is 79.9. The summed E-state index contributed by atoms with van der Waals surface area (Å²) >= 11 is 2.91. The lowest BCUT2D eigenvalue weighted by Crippen LogP contribution is -2.40. The van der Waals surface area contributed by atoms with E-state index in [1.54, 1.807) is 0 Å². The van der Waals surface area contributed by atoms with Gasteiger partial charge in [0.1, 0.15) is 5.82 Å². The van der Waals surface area contributed by atoms with Gasteiger partial charge in [-0.3, -0.25) is 4.79 Å². The monoisotopic (exact) mass is 339 g/mol. The first kappa shape index (κ1) is 14.3. The van der Waals surface area contributed by atoms with Crippen LogP contribution >= 0.6 is 15.9 Å². The Balaban J connectivity index is 2.35. The molecular weight excluding hydrogens is 330 g/mol. The van der Waals surface area contributed by atoms with Crippen molar-refractivity contribution in [3.63, 3.8) is 0 Å². The maximum absolute atomic E-state index is 13.8. The topological polar surface area (TPSA) is 29.1 Å². The molecule has 2 nitrogen and oxygen atoms in total. The number of amides is 1. The van der Waals surface area contributed by atoms with Gasteiger partial charge in [0, 0.05) is 10.5 Å². The molecule has 1 amide bonds. The van der Waals surface area contributed by atoms with Gasteiger partial charge in [0.25, 0.3) is 5.91 Å². The second-order valence-corrected chi connectivity index (χ2v) is 5.24. The van der Waals surface area contributed by atoms with Crippen molar-refractivity contribution in [1.29, 1.82) is 0 Å². The van der Waals surface area contributed by atoms with Gasteiger partial charge in [-0.15, -0.1) is 0 Å². The van der Waals surface area contributed by atoms with Gasteiger partial charge >= 0.3 is 6.18 Å². The largest absolute Gasteiger partial charge is 0.419 e. The van der Waals surface area contributed by atoms with E-state index in [2.05, 4.69) is 21.2 Å². The Bertz CT molecular complexity index is 511. The molecule has 1 aromatic rings. The van der Waals surface area contributed by atoms with Gasteiger partial charge in [0.15, 0.2) is 0 Å². The Morgan fingerprint density at radius 3 is 2.42 bits per heavy atom. The summed E-state index contributed by atoms with van der Waals surface area (Å²) in [7, 11) is 0. The van der Waals surface area contributed by atoms with Crippen LogP contribution in [0.3, 0.4) is 0 Å². The van der Waals surface area contributed by atoms with Gasteiger partial charge in [-0.1, -0.05) is 0 Å². The van der Waals surface area contributed by atoms with Crippen molar-refractivity contribution >= 4 is 21.8 Å². The average molecular weight is 340 g/mol. The van der Waals surface area contributed by atoms with E-state index < -0.39 is 29.0 Å². The molecule has 0 unspecified atom stereocenters. The van der Waals surface area contributed by atoms with Crippen LogP contribution in [0.15, 0.2) is 16.6 Å². The standard InChI is InChI=1S/C12H10BrF4NO/c13-8-5-4-7(12(15,16)17)10(14)9(8)11(19)18-6-2-1-3-6/h4-6H,1-3H2,(H,18,19). The summed E-state index contributed by atoms with van der Waals surface area (Å²) in [5.74, 6) is -2.36. The van der Waals surface area contributed by atoms with Gasteiger partial charge in [0.05, 0.1) is 11.1 Å². The zero-order valence-corrected chi connectivity index (χ0v) is 11.2. The smallest absolute Gasteiger partial charge is 0.349 e. The van der Waals surface area contributed by atoms with Crippen molar-refractivity contribution in [2.75, 3.05) is 0 Å². The van der Waals surface area contributed by atoms with Crippen LogP contribution in [0.2, 0.25) is 0 Å². The molecule has 1 aliphatic rings. The molecule has 0 spiro atoms. The van der Waals surface area contributed by atoms with Crippen LogP contribution in [0.5, 0.6) is 0 Å². The first-order valence-corrected chi connectivity index (χ1v) is 6.46. The molecule has 1 aromatic carbocycles. The quantitative estimate of drug-likeness (QED) is 0.814. The molecule has 0 saturated heterocycles. The second kappa shape index (κ2) is 5.11. The van der Waals surface area contributed by atoms with Crippen LogP contribution in [0, 0.1) is 5.82 Å². The van der Waals surface area contributed by atoms with E-state index in [1.807, 2.05) is 0 Å². The van der Waals surface area contributed by atoms with E-state index in [4.69, 9.17) is 0 Å². The molecule has 0 radical (unpaired) electrons. The molecule has 0 aliphatic heterocycles. The highest BCUT2D eigenvalue weighted by Gasteiger charge is 2.37. The van der Waals surface area contributed by atoms with Crippen LogP contribution in [0.25, 0.3) is 0 Å². The van der Waals surface area contributed by atoms with Crippen LogP contribution in [0.1, 0.15) is 35.2 Å². The SMILES string of the molecule is O=C(NC1CCC1)c1c(Br)ccc(C(F)(F)F)c1F. The zero-order chi connectivity index (χ0) is 14.2. The van der Waals surface area contributed by atoms with Crippen molar-refractivity contribution in [3.05, 3.63) is 33.5 Å². The van der Waals surface area contributed by atoms with Gasteiger partial charge in [-0.2, -0.15) is 13.2 Å². The van der Waals surface area contributed by atoms with E-state index >= 15 is 0 Å². The molecule has 0 bridgehead atoms. The van der Waals surface area contributed by atoms with Crippen molar-refractivity contribution in [1.82, 2.24) is 5.32 Å². The predicted molar refractivity (Wildman–Crippen MR) is 64.2 cm³/mol. The summed E-state index contributed by atoms with van der Waals surface area (Å²) in [5.41, 5.74) is -2.03. The Hall–Kier alpha value is -1.11. The number of benzene rings is 1. The van der Waals surface area contributed by atoms with Gasteiger partial charge in [0.2, 0.25) is 0 Å². The molecule has 19 heavy (non-hydrogen) atoms. The fourth-order valence-electron chi connectivity index (χ4n) is 1.79. The van der Waals surface area contributed by atoms with Crippen molar-refractivity contribution < 1.29 is 22.4 Å². The summed E-state index contributed by atoms with van der Waals surface area (Å²) < 4.78 is 51.6. The number of nitrogens with one attached hydrogen (secondary N) is 1. The lowest BCUT2D eigenvalue weighted by Gasteiger charge is -2.26. The van der Waals surface area contributed by atoms with Gasteiger partial charge < -0.3 is 5.32 Å². The number of hydrogen-bond acceptors (Lipinski definition) is 1. The third-order valence-electron chi connectivity index (χ3n) is 3.06. The zero-order valence-electron chi connectivity index (χ0n) is 9.65. The second-order valence-electron chi connectivity index (χ2n) is 4.38. The average Bonchev–Trinajstić information content (AvgIpc) is 2.21. The fraction of sp³-hybridized carbons (Fsp3) is 0.417. The molecule has 0 aromatic heterocycles. The van der Waals surface area contributed by atoms with Crippen LogP contribution in [-0.4, -0.2) is 11.9 Å². The number of halogens is 5. The van der Waals surface area contributed by atoms with Crippen molar-refractivity contribution in [2.24, 2.45) is 0 Å². The van der Waals surface area contributed by atoms with E-state index in [0.717, 1.165) is 25.3 Å². The first-order chi connectivity index (χ1) is 8.80. The van der Waals surface area contributed by atoms with E-state index in [0.29, 0.717) is 6.07 Å². The minimum Gasteiger partial charge on any atom is -0.349 e. The number of carbonyl (C=O) groups is 1. The molecule has 2 rings (SSSR count). The Morgan fingerprint density at radius 2 is 1.95 bits per heavy atom. The number of carbonyl (C=O) groups excluding carboxylic acids is 1. The summed E-state index contributed by atoms with van der Waals surface area (Å²) in [6, 6.07) is 1.56. The molecule has 1 N–H and O–H groups in total. The molecule has 1 fully saturated rings. The van der Waals surface area contributed by atoms with E-state index in [1.165, 1.54) is 0 Å². The van der Waals surface area contributed by atoms with Crippen LogP contribution in [0.4, 0.5) is 17.6 Å². The van der Waals surface area contributed by atoms with Gasteiger partial charge in [-0.05, 0) is 47.3 Å². The highest BCUT2D eigenvalue weighted by Crippen LogP contribution is 2.35. The lowest BCUT2D eigenvalue weighted by atomic mass is 9.93. The molecule has 1 saturated carbocycles. The third kappa shape index (κ3) is 2.91. The molecule has 1 aliphatic carbocycles.